The fraction of sp³-hybridized carbons (Fsp3) is 0. The molecule has 0 atom stereocenters. The van der Waals surface area contributed by atoms with Crippen molar-refractivity contribution in [2.75, 3.05) is 0 Å². The van der Waals surface area contributed by atoms with Gasteiger partial charge in [0.25, 0.3) is 5.56 Å². The fourth-order valence-electron chi connectivity index (χ4n) is 2.49. The molecule has 6 heteroatoms. The van der Waals surface area contributed by atoms with Gasteiger partial charge in [-0.2, -0.15) is 5.11 Å². The molecule has 0 spiro atoms. The minimum Gasteiger partial charge on any atom is -0.265 e. The molecule has 0 fully saturated rings. The van der Waals surface area contributed by atoms with Crippen LogP contribution in [0.15, 0.2) is 87.9 Å². The lowest BCUT2D eigenvalue weighted by molar-refractivity contribution is 0.928. The third-order valence-electron chi connectivity index (χ3n) is 3.61. The summed E-state index contributed by atoms with van der Waals surface area (Å²) in [6.45, 7) is 0. The van der Waals surface area contributed by atoms with Crippen LogP contribution in [0.3, 0.4) is 0 Å². The van der Waals surface area contributed by atoms with Crippen molar-refractivity contribution in [3.63, 3.8) is 0 Å². The van der Waals surface area contributed by atoms with Crippen molar-refractivity contribution in [3.8, 4) is 11.3 Å². The number of rotatable bonds is 3. The van der Waals surface area contributed by atoms with Crippen molar-refractivity contribution in [1.82, 2.24) is 14.6 Å². The Kier molecular flexibility index (Phi) is 3.47. The summed E-state index contributed by atoms with van der Waals surface area (Å²) in [5.74, 6) is 0. The van der Waals surface area contributed by atoms with Crippen molar-refractivity contribution < 1.29 is 0 Å². The van der Waals surface area contributed by atoms with Crippen molar-refractivity contribution in [2.45, 2.75) is 0 Å². The lowest BCUT2D eigenvalue weighted by atomic mass is 10.1. The van der Waals surface area contributed by atoms with Gasteiger partial charge >= 0.3 is 0 Å². The van der Waals surface area contributed by atoms with E-state index in [1.54, 1.807) is 10.7 Å². The molecule has 2 aromatic carbocycles. The Hall–Kier alpha value is -3.54. The molecular formula is C18H13N5O. The summed E-state index contributed by atoms with van der Waals surface area (Å²) < 4.78 is 1.64. The van der Waals surface area contributed by atoms with Crippen LogP contribution in [0.1, 0.15) is 0 Å². The number of hydrogen-bond acceptors (Lipinski definition) is 4. The Balaban J connectivity index is 1.85. The number of fused-ring (bicyclic) bond motifs is 1. The van der Waals surface area contributed by atoms with Gasteiger partial charge in [0.1, 0.15) is 0 Å². The van der Waals surface area contributed by atoms with Crippen LogP contribution in [-0.2, 0) is 0 Å². The molecule has 2 aromatic heterocycles. The molecule has 24 heavy (non-hydrogen) atoms. The monoisotopic (exact) mass is 315 g/mol. The van der Waals surface area contributed by atoms with Crippen molar-refractivity contribution in [2.24, 2.45) is 10.2 Å². The third-order valence-corrected chi connectivity index (χ3v) is 3.61. The van der Waals surface area contributed by atoms with Crippen LogP contribution in [0.2, 0.25) is 0 Å². The quantitative estimate of drug-likeness (QED) is 0.578. The number of aromatic nitrogens is 3. The summed E-state index contributed by atoms with van der Waals surface area (Å²) in [5.41, 5.74) is 2.79. The van der Waals surface area contributed by atoms with E-state index < -0.39 is 0 Å². The molecule has 0 bridgehead atoms. The van der Waals surface area contributed by atoms with Crippen molar-refractivity contribution >= 4 is 17.0 Å². The average molecular weight is 315 g/mol. The Labute approximate surface area is 137 Å². The van der Waals surface area contributed by atoms with Gasteiger partial charge in [0, 0.05) is 11.8 Å². The highest BCUT2D eigenvalue weighted by molar-refractivity contribution is 5.69. The van der Waals surface area contributed by atoms with Crippen LogP contribution >= 0.6 is 0 Å². The molecule has 4 rings (SSSR count). The highest BCUT2D eigenvalue weighted by atomic mass is 16.1. The molecule has 0 amide bonds. The van der Waals surface area contributed by atoms with Gasteiger partial charge < -0.3 is 0 Å². The van der Waals surface area contributed by atoms with E-state index in [1.807, 2.05) is 66.7 Å². The molecular weight excluding hydrogens is 302 g/mol. The molecule has 1 N–H and O–H groups in total. The maximum atomic E-state index is 12.3. The summed E-state index contributed by atoms with van der Waals surface area (Å²) in [4.78, 5) is 16.6. The van der Waals surface area contributed by atoms with Gasteiger partial charge in [0.2, 0.25) is 0 Å². The van der Waals surface area contributed by atoms with Gasteiger partial charge in [-0.15, -0.1) is 5.11 Å². The van der Waals surface area contributed by atoms with Gasteiger partial charge in [0.15, 0.2) is 11.3 Å². The number of aromatic amines is 1. The molecule has 0 aliphatic rings. The predicted molar refractivity (Wildman–Crippen MR) is 91.9 cm³/mol. The molecule has 116 valence electrons. The maximum absolute atomic E-state index is 12.3. The van der Waals surface area contributed by atoms with E-state index in [1.165, 1.54) is 0 Å². The summed E-state index contributed by atoms with van der Waals surface area (Å²) in [7, 11) is 0. The fourth-order valence-corrected chi connectivity index (χ4v) is 2.49. The van der Waals surface area contributed by atoms with Crippen molar-refractivity contribution in [3.05, 3.63) is 83.3 Å². The van der Waals surface area contributed by atoms with E-state index in [4.69, 9.17) is 0 Å². The van der Waals surface area contributed by atoms with Gasteiger partial charge in [-0.05, 0) is 18.2 Å². The number of nitrogens with one attached hydrogen (secondary N) is 1. The first-order chi connectivity index (χ1) is 11.8. The second-order valence-corrected chi connectivity index (χ2v) is 5.18. The zero-order valence-electron chi connectivity index (χ0n) is 12.6. The summed E-state index contributed by atoms with van der Waals surface area (Å²) >= 11 is 0. The maximum Gasteiger partial charge on any atom is 0.294 e. The normalized spacial score (nSPS) is 11.3. The van der Waals surface area contributed by atoms with Crippen LogP contribution in [0, 0.1) is 0 Å². The standard InChI is InChI=1S/C18H13N5O/c24-18-16(21-20-14-9-5-2-6-10-14)17-19-12-11-15(23(17)22-18)13-7-3-1-4-8-13/h1-12H,(H,22,24). The van der Waals surface area contributed by atoms with E-state index in [-0.39, 0.29) is 11.2 Å². The van der Waals surface area contributed by atoms with Crippen LogP contribution < -0.4 is 5.56 Å². The van der Waals surface area contributed by atoms with E-state index in [0.717, 1.165) is 11.3 Å². The molecule has 0 unspecified atom stereocenters. The van der Waals surface area contributed by atoms with Crippen LogP contribution in [0.25, 0.3) is 16.9 Å². The highest BCUT2D eigenvalue weighted by Gasteiger charge is 2.13. The van der Waals surface area contributed by atoms with Crippen LogP contribution in [-0.4, -0.2) is 14.6 Å². The Morgan fingerprint density at radius 2 is 1.58 bits per heavy atom. The summed E-state index contributed by atoms with van der Waals surface area (Å²) in [6.07, 6.45) is 1.66. The van der Waals surface area contributed by atoms with E-state index in [9.17, 15) is 4.79 Å². The Morgan fingerprint density at radius 3 is 2.33 bits per heavy atom. The largest absolute Gasteiger partial charge is 0.294 e. The number of H-pyrrole nitrogens is 1. The summed E-state index contributed by atoms with van der Waals surface area (Å²) in [5, 5.41) is 11.0. The second-order valence-electron chi connectivity index (χ2n) is 5.18. The van der Waals surface area contributed by atoms with Crippen LogP contribution in [0.5, 0.6) is 0 Å². The number of nitrogens with zero attached hydrogens (tertiary/aromatic N) is 4. The molecule has 0 aliphatic heterocycles. The predicted octanol–water partition coefficient (Wildman–Crippen LogP) is 4.11. The lowest BCUT2D eigenvalue weighted by Crippen LogP contribution is -2.01. The highest BCUT2D eigenvalue weighted by Crippen LogP contribution is 2.23. The number of hydrogen-bond donors (Lipinski definition) is 1. The zero-order valence-corrected chi connectivity index (χ0v) is 12.6. The first-order valence-electron chi connectivity index (χ1n) is 7.45. The first kappa shape index (κ1) is 14.1. The summed E-state index contributed by atoms with van der Waals surface area (Å²) in [6, 6.07) is 20.9. The number of benzene rings is 2. The Morgan fingerprint density at radius 1 is 0.875 bits per heavy atom. The third kappa shape index (κ3) is 2.50. The second kappa shape index (κ2) is 5.92. The van der Waals surface area contributed by atoms with Crippen molar-refractivity contribution in [1.29, 1.82) is 0 Å². The van der Waals surface area contributed by atoms with E-state index in [2.05, 4.69) is 20.3 Å². The van der Waals surface area contributed by atoms with Gasteiger partial charge in [-0.25, -0.2) is 9.50 Å². The van der Waals surface area contributed by atoms with Gasteiger partial charge in [-0.3, -0.25) is 9.89 Å². The lowest BCUT2D eigenvalue weighted by Gasteiger charge is -2.04. The van der Waals surface area contributed by atoms with Gasteiger partial charge in [0.05, 0.1) is 11.4 Å². The average Bonchev–Trinajstić information content (AvgIpc) is 2.97. The molecule has 2 heterocycles. The van der Waals surface area contributed by atoms with Gasteiger partial charge in [-0.1, -0.05) is 48.5 Å². The minimum absolute atomic E-state index is 0.191. The SMILES string of the molecule is O=c1[nH]n2c(-c3ccccc3)ccnc2c1N=Nc1ccccc1. The minimum atomic E-state index is -0.328. The smallest absolute Gasteiger partial charge is 0.265 e. The molecule has 0 saturated carbocycles. The zero-order chi connectivity index (χ0) is 16.4. The molecule has 4 aromatic rings. The number of azo groups is 1. The molecule has 0 aliphatic carbocycles. The topological polar surface area (TPSA) is 74.9 Å². The molecule has 6 nitrogen and oxygen atoms in total. The first-order valence-corrected chi connectivity index (χ1v) is 7.45. The molecule has 0 saturated heterocycles. The van der Waals surface area contributed by atoms with Crippen LogP contribution in [0.4, 0.5) is 11.4 Å². The van der Waals surface area contributed by atoms with E-state index >= 15 is 0 Å². The molecule has 0 radical (unpaired) electrons. The van der Waals surface area contributed by atoms with E-state index in [0.29, 0.717) is 11.3 Å². The Bertz CT molecular complexity index is 1060.